The number of rotatable bonds is 3. The molecule has 20 heavy (non-hydrogen) atoms. The molecule has 1 amide bonds. The second kappa shape index (κ2) is 5.26. The lowest BCUT2D eigenvalue weighted by Crippen LogP contribution is -2.48. The van der Waals surface area contributed by atoms with Crippen molar-refractivity contribution in [2.24, 2.45) is 5.73 Å². The highest BCUT2D eigenvalue weighted by atomic mass is 35.5. The molecule has 3 N–H and O–H groups in total. The lowest BCUT2D eigenvalue weighted by molar-refractivity contribution is -0.137. The number of alkyl halides is 3. The van der Waals surface area contributed by atoms with Gasteiger partial charge in [0.1, 0.15) is 0 Å². The van der Waals surface area contributed by atoms with E-state index in [1.807, 2.05) is 0 Å². The van der Waals surface area contributed by atoms with Gasteiger partial charge in [0.05, 0.1) is 10.6 Å². The summed E-state index contributed by atoms with van der Waals surface area (Å²) in [6.07, 6.45) is -1.95. The van der Waals surface area contributed by atoms with Gasteiger partial charge in [-0.1, -0.05) is 11.6 Å². The van der Waals surface area contributed by atoms with E-state index in [0.29, 0.717) is 0 Å². The first kappa shape index (κ1) is 15.1. The number of halogens is 4. The molecule has 110 valence electrons. The van der Waals surface area contributed by atoms with Crippen LogP contribution in [0.25, 0.3) is 0 Å². The number of amides is 1. The van der Waals surface area contributed by atoms with E-state index in [1.165, 1.54) is 6.07 Å². The van der Waals surface area contributed by atoms with Crippen LogP contribution in [0, 0.1) is 0 Å². The monoisotopic (exact) mass is 306 g/mol. The third kappa shape index (κ3) is 3.43. The first-order valence-corrected chi connectivity index (χ1v) is 6.53. The van der Waals surface area contributed by atoms with Gasteiger partial charge in [-0.2, -0.15) is 13.2 Å². The number of anilines is 1. The average molecular weight is 307 g/mol. The summed E-state index contributed by atoms with van der Waals surface area (Å²) in [6, 6.07) is 3.27. The summed E-state index contributed by atoms with van der Waals surface area (Å²) in [7, 11) is 0. The van der Waals surface area contributed by atoms with Crippen LogP contribution in [-0.2, 0) is 11.0 Å². The molecule has 0 atom stereocenters. The van der Waals surface area contributed by atoms with E-state index in [-0.39, 0.29) is 18.0 Å². The third-order valence-electron chi connectivity index (χ3n) is 3.42. The fourth-order valence-corrected chi connectivity index (χ4v) is 2.38. The van der Waals surface area contributed by atoms with Crippen molar-refractivity contribution in [3.63, 3.8) is 0 Å². The van der Waals surface area contributed by atoms with Gasteiger partial charge in [0, 0.05) is 17.6 Å². The van der Waals surface area contributed by atoms with Gasteiger partial charge in [-0.15, -0.1) is 0 Å². The summed E-state index contributed by atoms with van der Waals surface area (Å²) >= 11 is 5.50. The molecule has 0 aliphatic heterocycles. The Kier molecular flexibility index (Phi) is 3.97. The molecule has 0 spiro atoms. The summed E-state index contributed by atoms with van der Waals surface area (Å²) in [4.78, 5) is 11.8. The molecule has 7 heteroatoms. The van der Waals surface area contributed by atoms with Crippen LogP contribution in [0.5, 0.6) is 0 Å². The molecule has 0 aromatic heterocycles. The number of hydrogen-bond acceptors (Lipinski definition) is 2. The van der Waals surface area contributed by atoms with Crippen LogP contribution in [0.1, 0.15) is 31.2 Å². The predicted molar refractivity (Wildman–Crippen MR) is 70.5 cm³/mol. The second-order valence-electron chi connectivity index (χ2n) is 5.13. The zero-order chi connectivity index (χ0) is 15.0. The van der Waals surface area contributed by atoms with Crippen LogP contribution in [0.4, 0.5) is 18.9 Å². The Morgan fingerprint density at radius 2 is 2.05 bits per heavy atom. The normalized spacial score (nSPS) is 17.4. The molecule has 0 radical (unpaired) electrons. The third-order valence-corrected chi connectivity index (χ3v) is 3.75. The van der Waals surface area contributed by atoms with E-state index < -0.39 is 22.3 Å². The second-order valence-corrected chi connectivity index (χ2v) is 5.54. The first-order chi connectivity index (χ1) is 9.20. The zero-order valence-electron chi connectivity index (χ0n) is 10.6. The topological polar surface area (TPSA) is 55.1 Å². The van der Waals surface area contributed by atoms with Crippen LogP contribution < -0.4 is 11.1 Å². The van der Waals surface area contributed by atoms with E-state index in [2.05, 4.69) is 5.32 Å². The first-order valence-electron chi connectivity index (χ1n) is 6.15. The lowest BCUT2D eigenvalue weighted by Gasteiger charge is -2.37. The highest BCUT2D eigenvalue weighted by molar-refractivity contribution is 6.31. The van der Waals surface area contributed by atoms with Crippen LogP contribution in [0.2, 0.25) is 5.02 Å². The minimum atomic E-state index is -4.55. The Balaban J connectivity index is 2.08. The number of carbonyl (C=O) groups is 1. The largest absolute Gasteiger partial charge is 0.417 e. The van der Waals surface area contributed by atoms with Crippen LogP contribution in [0.15, 0.2) is 18.2 Å². The molecule has 0 heterocycles. The quantitative estimate of drug-likeness (QED) is 0.897. The Labute approximate surface area is 119 Å². The highest BCUT2D eigenvalue weighted by Crippen LogP contribution is 2.36. The van der Waals surface area contributed by atoms with Crippen molar-refractivity contribution in [1.29, 1.82) is 0 Å². The fourth-order valence-electron chi connectivity index (χ4n) is 2.15. The Morgan fingerprint density at radius 3 is 2.55 bits per heavy atom. The van der Waals surface area contributed by atoms with E-state index in [9.17, 15) is 18.0 Å². The molecule has 2 rings (SSSR count). The Bertz CT molecular complexity index is 527. The molecule has 1 aliphatic rings. The fraction of sp³-hybridized carbons (Fsp3) is 0.462. The molecule has 3 nitrogen and oxygen atoms in total. The van der Waals surface area contributed by atoms with Crippen LogP contribution in [-0.4, -0.2) is 11.4 Å². The maximum Gasteiger partial charge on any atom is 0.417 e. The summed E-state index contributed by atoms with van der Waals surface area (Å²) in [5.74, 6) is -0.386. The summed E-state index contributed by atoms with van der Waals surface area (Å²) in [5.41, 5.74) is 4.50. The smallest absolute Gasteiger partial charge is 0.326 e. The maximum atomic E-state index is 12.7. The average Bonchev–Trinajstić information content (AvgIpc) is 2.28. The van der Waals surface area contributed by atoms with Crippen molar-refractivity contribution in [2.45, 2.75) is 37.4 Å². The minimum absolute atomic E-state index is 0.0645. The van der Waals surface area contributed by atoms with E-state index in [4.69, 9.17) is 17.3 Å². The van der Waals surface area contributed by atoms with Gasteiger partial charge in [0.25, 0.3) is 0 Å². The van der Waals surface area contributed by atoms with Crippen molar-refractivity contribution in [3.05, 3.63) is 28.8 Å². The van der Waals surface area contributed by atoms with Crippen molar-refractivity contribution in [3.8, 4) is 0 Å². The SMILES string of the molecule is NC1(CC(=O)Nc2ccc(Cl)c(C(F)(F)F)c2)CCC1. The van der Waals surface area contributed by atoms with Crippen molar-refractivity contribution < 1.29 is 18.0 Å². The number of nitrogens with one attached hydrogen (secondary N) is 1. The van der Waals surface area contributed by atoms with Gasteiger partial charge in [-0.3, -0.25) is 4.79 Å². The van der Waals surface area contributed by atoms with Crippen LogP contribution in [0.3, 0.4) is 0 Å². The van der Waals surface area contributed by atoms with Crippen molar-refractivity contribution >= 4 is 23.2 Å². The number of carbonyl (C=O) groups excluding carboxylic acids is 1. The van der Waals surface area contributed by atoms with Gasteiger partial charge < -0.3 is 11.1 Å². The van der Waals surface area contributed by atoms with Gasteiger partial charge in [0.2, 0.25) is 5.91 Å². The van der Waals surface area contributed by atoms with E-state index in [1.54, 1.807) is 0 Å². The number of hydrogen-bond donors (Lipinski definition) is 2. The lowest BCUT2D eigenvalue weighted by atomic mass is 9.75. The molecular weight excluding hydrogens is 293 g/mol. The molecular formula is C13H14ClF3N2O. The predicted octanol–water partition coefficient (Wildman–Crippen LogP) is 3.57. The van der Waals surface area contributed by atoms with Crippen molar-refractivity contribution in [1.82, 2.24) is 0 Å². The van der Waals surface area contributed by atoms with E-state index >= 15 is 0 Å². The summed E-state index contributed by atoms with van der Waals surface area (Å²) in [6.45, 7) is 0. The molecule has 1 aliphatic carbocycles. The Morgan fingerprint density at radius 1 is 1.40 bits per heavy atom. The Hall–Kier alpha value is -1.27. The molecule has 0 saturated heterocycles. The molecule has 1 fully saturated rings. The highest BCUT2D eigenvalue weighted by Gasteiger charge is 2.35. The van der Waals surface area contributed by atoms with Crippen LogP contribution >= 0.6 is 11.6 Å². The molecule has 0 unspecified atom stereocenters. The minimum Gasteiger partial charge on any atom is -0.326 e. The molecule has 1 saturated carbocycles. The van der Waals surface area contributed by atoms with Gasteiger partial charge >= 0.3 is 6.18 Å². The summed E-state index contributed by atoms with van der Waals surface area (Å²) < 4.78 is 38.1. The molecule has 1 aromatic carbocycles. The molecule has 0 bridgehead atoms. The summed E-state index contributed by atoms with van der Waals surface area (Å²) in [5, 5.41) is 2.03. The zero-order valence-corrected chi connectivity index (χ0v) is 11.3. The standard InChI is InChI=1S/C13H14ClF3N2O/c14-10-3-2-8(6-9(10)13(15,16)17)19-11(20)7-12(18)4-1-5-12/h2-3,6H,1,4-5,7,18H2,(H,19,20). The number of nitrogens with two attached hydrogens (primary N) is 1. The van der Waals surface area contributed by atoms with Crippen molar-refractivity contribution in [2.75, 3.05) is 5.32 Å². The van der Waals surface area contributed by atoms with Gasteiger partial charge in [-0.25, -0.2) is 0 Å². The number of benzene rings is 1. The maximum absolute atomic E-state index is 12.7. The van der Waals surface area contributed by atoms with Gasteiger partial charge in [0.15, 0.2) is 0 Å². The molecule has 1 aromatic rings. The van der Waals surface area contributed by atoms with E-state index in [0.717, 1.165) is 31.4 Å². The van der Waals surface area contributed by atoms with Gasteiger partial charge in [-0.05, 0) is 37.5 Å².